The van der Waals surface area contributed by atoms with Crippen LogP contribution in [-0.4, -0.2) is 70.2 Å². The zero-order valence-corrected chi connectivity index (χ0v) is 28.5. The van der Waals surface area contributed by atoms with Gasteiger partial charge in [0.05, 0.1) is 32.4 Å². The number of fused-ring (bicyclic) bond motifs is 1. The average Bonchev–Trinajstić information content (AvgIpc) is 3.85. The van der Waals surface area contributed by atoms with Crippen molar-refractivity contribution in [2.24, 2.45) is 0 Å². The van der Waals surface area contributed by atoms with Crippen LogP contribution in [0, 0.1) is 0 Å². The number of hydrogen-bond donors (Lipinski definition) is 2. The minimum absolute atomic E-state index is 0.377. The van der Waals surface area contributed by atoms with E-state index >= 15 is 0 Å². The molecular formula is C39H39N5O7. The van der Waals surface area contributed by atoms with Crippen LogP contribution in [0.5, 0.6) is 17.2 Å². The third-order valence-electron chi connectivity index (χ3n) is 9.75. The van der Waals surface area contributed by atoms with Gasteiger partial charge in [0.1, 0.15) is 34.1 Å². The van der Waals surface area contributed by atoms with Crippen LogP contribution in [0.2, 0.25) is 0 Å². The first-order valence-electron chi connectivity index (χ1n) is 17.1. The molecule has 4 aromatic carbocycles. The highest BCUT2D eigenvalue weighted by Gasteiger charge is 2.39. The van der Waals surface area contributed by atoms with E-state index in [1.54, 1.807) is 19.1 Å². The Kier molecular flexibility index (Phi) is 8.60. The molecular weight excluding hydrogens is 650 g/mol. The molecule has 262 valence electrons. The standard InChI is InChI=1S/C39H39N5O7/c1-48-28-10-5-24(6-11-28)22-42(23-25-7-12-29(49-2)13-8-25)39-41-30-19-26(9-14-33(30)51-39)37-40-31-20-27(43-17-15-32(45)36(43)38(46)47)21-34-35(31)44(37)16-3-4-18-50-34/h5-14,19-21,32,36,45H,3-4,15-18,22-23H2,1-2H3,(H,46,47). The lowest BCUT2D eigenvalue weighted by atomic mass is 10.1. The van der Waals surface area contributed by atoms with Crippen molar-refractivity contribution in [1.82, 2.24) is 14.5 Å². The number of aryl methyl sites for hydroxylation is 1. The first kappa shape index (κ1) is 32.5. The Morgan fingerprint density at radius 1 is 0.882 bits per heavy atom. The number of oxazole rings is 1. The van der Waals surface area contributed by atoms with Crippen LogP contribution in [-0.2, 0) is 24.4 Å². The molecule has 0 spiro atoms. The van der Waals surface area contributed by atoms with Gasteiger partial charge in [-0.05, 0) is 78.9 Å². The van der Waals surface area contributed by atoms with Crippen molar-refractivity contribution in [3.8, 4) is 28.6 Å². The van der Waals surface area contributed by atoms with Gasteiger partial charge >= 0.3 is 5.97 Å². The number of anilines is 2. The molecule has 2 unspecified atom stereocenters. The third kappa shape index (κ3) is 6.27. The summed E-state index contributed by atoms with van der Waals surface area (Å²) < 4.78 is 25.6. The van der Waals surface area contributed by atoms with E-state index in [1.807, 2.05) is 78.9 Å². The van der Waals surface area contributed by atoms with E-state index in [0.29, 0.717) is 66.7 Å². The summed E-state index contributed by atoms with van der Waals surface area (Å²) in [6.45, 7) is 2.86. The number of carboxylic acid groups (broad SMARTS) is 1. The van der Waals surface area contributed by atoms with Gasteiger partial charge in [-0.2, -0.15) is 4.98 Å². The monoisotopic (exact) mass is 689 g/mol. The number of aliphatic hydroxyl groups is 1. The number of hydrogen-bond acceptors (Lipinski definition) is 10. The molecule has 0 saturated carbocycles. The lowest BCUT2D eigenvalue weighted by Gasteiger charge is -2.26. The largest absolute Gasteiger partial charge is 0.497 e. The van der Waals surface area contributed by atoms with Crippen LogP contribution in [0.3, 0.4) is 0 Å². The van der Waals surface area contributed by atoms with E-state index in [9.17, 15) is 15.0 Å². The second-order valence-electron chi connectivity index (χ2n) is 13.0. The first-order chi connectivity index (χ1) is 24.9. The van der Waals surface area contributed by atoms with Crippen LogP contribution in [0.4, 0.5) is 11.7 Å². The maximum Gasteiger partial charge on any atom is 0.329 e. The Morgan fingerprint density at radius 3 is 2.25 bits per heavy atom. The van der Waals surface area contributed by atoms with E-state index in [-0.39, 0.29) is 0 Å². The van der Waals surface area contributed by atoms with Crippen molar-refractivity contribution in [1.29, 1.82) is 0 Å². The highest BCUT2D eigenvalue weighted by Crippen LogP contribution is 2.39. The van der Waals surface area contributed by atoms with E-state index in [4.69, 9.17) is 28.6 Å². The highest BCUT2D eigenvalue weighted by atomic mass is 16.5. The Bertz CT molecular complexity index is 2150. The predicted molar refractivity (Wildman–Crippen MR) is 193 cm³/mol. The zero-order chi connectivity index (χ0) is 35.1. The van der Waals surface area contributed by atoms with Crippen molar-refractivity contribution in [3.63, 3.8) is 0 Å². The second-order valence-corrected chi connectivity index (χ2v) is 13.0. The number of nitrogens with zero attached hydrogens (tertiary/aromatic N) is 5. The van der Waals surface area contributed by atoms with E-state index in [0.717, 1.165) is 58.9 Å². The van der Waals surface area contributed by atoms with Gasteiger partial charge in [0.25, 0.3) is 6.01 Å². The van der Waals surface area contributed by atoms with Gasteiger partial charge in [-0.15, -0.1) is 0 Å². The van der Waals surface area contributed by atoms with Crippen molar-refractivity contribution < 1.29 is 33.6 Å². The summed E-state index contributed by atoms with van der Waals surface area (Å²) in [4.78, 5) is 26.0. The Morgan fingerprint density at radius 2 is 1.59 bits per heavy atom. The summed E-state index contributed by atoms with van der Waals surface area (Å²) in [5, 5.41) is 20.3. The minimum atomic E-state index is -1.05. The fraction of sp³-hybridized carbons (Fsp3) is 0.308. The van der Waals surface area contributed by atoms with E-state index in [1.165, 1.54) is 0 Å². The number of methoxy groups -OCH3 is 2. The predicted octanol–water partition coefficient (Wildman–Crippen LogP) is 6.27. The summed E-state index contributed by atoms with van der Waals surface area (Å²) in [5.74, 6) is 1.96. The summed E-state index contributed by atoms with van der Waals surface area (Å²) >= 11 is 0. The molecule has 12 heteroatoms. The molecule has 1 saturated heterocycles. The van der Waals surface area contributed by atoms with Gasteiger partial charge < -0.3 is 43.2 Å². The number of aromatic nitrogens is 3. The SMILES string of the molecule is COc1ccc(CN(Cc2ccc(OC)cc2)c2nc3cc(-c4nc5cc(N6CCC(O)C6C(=O)O)cc6c5n4CCCCO6)ccc3o2)cc1. The highest BCUT2D eigenvalue weighted by molar-refractivity contribution is 5.92. The van der Waals surface area contributed by atoms with Crippen molar-refractivity contribution in [3.05, 3.63) is 90.0 Å². The van der Waals surface area contributed by atoms with Gasteiger partial charge in [0.2, 0.25) is 0 Å². The summed E-state index contributed by atoms with van der Waals surface area (Å²) in [6, 6.07) is 25.1. The smallest absolute Gasteiger partial charge is 0.329 e. The molecule has 8 rings (SSSR count). The molecule has 0 amide bonds. The van der Waals surface area contributed by atoms with Crippen LogP contribution in [0.1, 0.15) is 30.4 Å². The Balaban J connectivity index is 1.17. The normalized spacial score (nSPS) is 17.3. The number of aliphatic hydroxyl groups excluding tert-OH is 1. The molecule has 2 atom stereocenters. The lowest BCUT2D eigenvalue weighted by Crippen LogP contribution is -2.42. The molecule has 2 aliphatic rings. The van der Waals surface area contributed by atoms with Gasteiger partial charge in [-0.25, -0.2) is 9.78 Å². The van der Waals surface area contributed by atoms with Crippen molar-refractivity contribution >= 4 is 39.8 Å². The molecule has 0 aliphatic carbocycles. The fourth-order valence-corrected chi connectivity index (χ4v) is 7.13. The topological polar surface area (TPSA) is 136 Å². The molecule has 51 heavy (non-hydrogen) atoms. The number of ether oxygens (including phenoxy) is 3. The van der Waals surface area contributed by atoms with Crippen molar-refractivity contribution in [2.45, 2.75) is 51.0 Å². The molecule has 12 nitrogen and oxygen atoms in total. The molecule has 6 aromatic rings. The molecule has 2 aliphatic heterocycles. The van der Waals surface area contributed by atoms with Crippen molar-refractivity contribution in [2.75, 3.05) is 37.2 Å². The number of imidazole rings is 1. The van der Waals surface area contributed by atoms with Crippen LogP contribution in [0.25, 0.3) is 33.5 Å². The number of rotatable bonds is 10. The maximum absolute atomic E-state index is 12.1. The lowest BCUT2D eigenvalue weighted by molar-refractivity contribution is -0.140. The van der Waals surface area contributed by atoms with E-state index < -0.39 is 18.1 Å². The van der Waals surface area contributed by atoms with Gasteiger partial charge in [0, 0.05) is 43.5 Å². The zero-order valence-electron chi connectivity index (χ0n) is 28.5. The summed E-state index contributed by atoms with van der Waals surface area (Å²) in [6.07, 6.45) is 1.22. The minimum Gasteiger partial charge on any atom is -0.497 e. The fourth-order valence-electron chi connectivity index (χ4n) is 7.13. The summed E-state index contributed by atoms with van der Waals surface area (Å²) in [7, 11) is 3.31. The number of carboxylic acids is 1. The molecule has 4 heterocycles. The number of aliphatic carboxylic acids is 1. The average molecular weight is 690 g/mol. The number of benzene rings is 4. The maximum atomic E-state index is 12.1. The van der Waals surface area contributed by atoms with Crippen LogP contribution < -0.4 is 24.0 Å². The van der Waals surface area contributed by atoms with Crippen LogP contribution in [0.15, 0.2) is 83.3 Å². The quantitative estimate of drug-likeness (QED) is 0.169. The summed E-state index contributed by atoms with van der Waals surface area (Å²) in [5.41, 5.74) is 6.64. The molecule has 2 aromatic heterocycles. The van der Waals surface area contributed by atoms with E-state index in [2.05, 4.69) is 9.47 Å². The molecule has 0 bridgehead atoms. The first-order valence-corrected chi connectivity index (χ1v) is 17.1. The van der Waals surface area contributed by atoms with Crippen LogP contribution >= 0.6 is 0 Å². The van der Waals surface area contributed by atoms with Gasteiger partial charge in [-0.1, -0.05) is 24.3 Å². The Hall–Kier alpha value is -5.75. The molecule has 0 radical (unpaired) electrons. The number of carbonyl (C=O) groups is 1. The molecule has 2 N–H and O–H groups in total. The van der Waals surface area contributed by atoms with Gasteiger partial charge in [0.15, 0.2) is 11.6 Å². The Labute approximate surface area is 294 Å². The third-order valence-corrected chi connectivity index (χ3v) is 9.75. The second kappa shape index (κ2) is 13.5. The molecule has 1 fully saturated rings. The van der Waals surface area contributed by atoms with Gasteiger partial charge in [-0.3, -0.25) is 0 Å².